The minimum Gasteiger partial charge on any atom is -0.465 e. The van der Waals surface area contributed by atoms with Gasteiger partial charge in [-0.25, -0.2) is 13.2 Å². The quantitative estimate of drug-likeness (QED) is 0.121. The number of fused-ring (bicyclic) bond motifs is 2. The van der Waals surface area contributed by atoms with Gasteiger partial charge in [0.05, 0.1) is 29.4 Å². The molecule has 0 saturated carbocycles. The summed E-state index contributed by atoms with van der Waals surface area (Å²) < 4.78 is 39.7. The van der Waals surface area contributed by atoms with Crippen molar-refractivity contribution in [2.45, 2.75) is 44.4 Å². The second kappa shape index (κ2) is 14.7. The van der Waals surface area contributed by atoms with Crippen molar-refractivity contribution in [2.75, 3.05) is 35.5 Å². The van der Waals surface area contributed by atoms with Crippen LogP contribution >= 0.6 is 0 Å². The molecular weight excluding hydrogens is 632 g/mol. The van der Waals surface area contributed by atoms with Crippen molar-refractivity contribution in [2.24, 2.45) is 5.73 Å². The lowest BCUT2D eigenvalue weighted by atomic mass is 9.97. The summed E-state index contributed by atoms with van der Waals surface area (Å²) in [6, 6.07) is 22.0. The predicted molar refractivity (Wildman–Crippen MR) is 184 cm³/mol. The fraction of sp³-hybridized carbons (Fsp3) is 0.278. The highest BCUT2D eigenvalue weighted by Crippen LogP contribution is 2.35. The first-order chi connectivity index (χ1) is 23.0. The number of esters is 2. The molecule has 4 aromatic carbocycles. The molecule has 0 radical (unpaired) electrons. The Balaban J connectivity index is 1.42. The summed E-state index contributed by atoms with van der Waals surface area (Å²) in [4.78, 5) is 40.2. The molecule has 12 heteroatoms. The van der Waals surface area contributed by atoms with Gasteiger partial charge in [0.15, 0.2) is 0 Å². The smallest absolute Gasteiger partial charge is 0.338 e. The fourth-order valence-electron chi connectivity index (χ4n) is 5.94. The summed E-state index contributed by atoms with van der Waals surface area (Å²) in [5.74, 6) is -1.57. The van der Waals surface area contributed by atoms with Crippen LogP contribution in [0.25, 0.3) is 10.8 Å². The van der Waals surface area contributed by atoms with Crippen molar-refractivity contribution >= 4 is 55.9 Å². The SMILES string of the molecule is CCOC(=O)CN(c1ccc2c(c1)CCCN2C(=O)CCc1ccc(C(=O)OCC)cc1C(=N)N)S(=O)(=O)c1cccc2ccccc12. The van der Waals surface area contributed by atoms with E-state index in [-0.39, 0.29) is 53.9 Å². The molecule has 5 rings (SSSR count). The molecule has 48 heavy (non-hydrogen) atoms. The van der Waals surface area contributed by atoms with Gasteiger partial charge in [0.25, 0.3) is 10.0 Å². The Morgan fingerprint density at radius 2 is 1.69 bits per heavy atom. The number of nitrogens with one attached hydrogen (secondary N) is 1. The van der Waals surface area contributed by atoms with Crippen molar-refractivity contribution in [3.05, 3.63) is 101 Å². The van der Waals surface area contributed by atoms with Crippen LogP contribution in [0.1, 0.15) is 53.7 Å². The van der Waals surface area contributed by atoms with Gasteiger partial charge in [0.2, 0.25) is 5.91 Å². The van der Waals surface area contributed by atoms with E-state index in [0.29, 0.717) is 41.6 Å². The number of aryl methyl sites for hydroxylation is 2. The van der Waals surface area contributed by atoms with Crippen LogP contribution in [-0.4, -0.2) is 58.4 Å². The number of amides is 1. The number of nitrogens with two attached hydrogens (primary N) is 1. The number of nitrogen functional groups attached to an aromatic ring is 1. The van der Waals surface area contributed by atoms with Gasteiger partial charge in [-0.15, -0.1) is 0 Å². The minimum absolute atomic E-state index is 0.0691. The number of nitrogens with zero attached hydrogens (tertiary/aromatic N) is 2. The Kier molecular flexibility index (Phi) is 10.4. The fourth-order valence-corrected chi connectivity index (χ4v) is 7.56. The summed E-state index contributed by atoms with van der Waals surface area (Å²) in [6.07, 6.45) is 1.67. The van der Waals surface area contributed by atoms with Gasteiger partial charge in [0.1, 0.15) is 12.4 Å². The Labute approximate surface area is 279 Å². The van der Waals surface area contributed by atoms with Crippen molar-refractivity contribution < 1.29 is 32.3 Å². The number of sulfonamides is 1. The van der Waals surface area contributed by atoms with Crippen molar-refractivity contribution in [3.8, 4) is 0 Å². The van der Waals surface area contributed by atoms with E-state index in [9.17, 15) is 22.8 Å². The first-order valence-corrected chi connectivity index (χ1v) is 17.2. The van der Waals surface area contributed by atoms with Crippen LogP contribution in [-0.2, 0) is 41.9 Å². The first-order valence-electron chi connectivity index (χ1n) is 15.8. The number of carbonyl (C=O) groups is 3. The predicted octanol–water partition coefficient (Wildman–Crippen LogP) is 4.97. The number of ether oxygens (including phenoxy) is 2. The summed E-state index contributed by atoms with van der Waals surface area (Å²) in [5.41, 5.74) is 8.84. The minimum atomic E-state index is -4.22. The van der Waals surface area contributed by atoms with Gasteiger partial charge in [-0.1, -0.05) is 42.5 Å². The number of hydrogen-bond acceptors (Lipinski definition) is 8. The molecule has 0 spiro atoms. The summed E-state index contributed by atoms with van der Waals surface area (Å²) in [5, 5.41) is 9.29. The molecular formula is C36H38N4O7S. The summed E-state index contributed by atoms with van der Waals surface area (Å²) in [7, 11) is -4.22. The molecule has 1 aliphatic heterocycles. The molecule has 3 N–H and O–H groups in total. The van der Waals surface area contributed by atoms with Gasteiger partial charge in [-0.2, -0.15) is 0 Å². The van der Waals surface area contributed by atoms with E-state index in [2.05, 4.69) is 0 Å². The first kappa shape index (κ1) is 34.1. The third kappa shape index (κ3) is 7.18. The Bertz CT molecular complexity index is 1990. The number of benzene rings is 4. The molecule has 4 aromatic rings. The van der Waals surface area contributed by atoms with Crippen molar-refractivity contribution in [1.82, 2.24) is 0 Å². The molecule has 0 aromatic heterocycles. The molecule has 0 aliphatic carbocycles. The standard InChI is InChI=1S/C36H38N4O7S/c1-3-46-34(42)23-40(48(44,45)32-13-7-10-24-9-5-6-12-29(24)32)28-17-18-31-26(21-28)11-8-20-39(31)33(41)19-16-25-14-15-27(36(43)47-4-2)22-30(25)35(37)38/h5-7,9-10,12-15,17-18,21-22H,3-4,8,11,16,19-20,23H2,1-2H3,(H3,37,38). The van der Waals surface area contributed by atoms with Crippen LogP contribution < -0.4 is 14.9 Å². The monoisotopic (exact) mass is 670 g/mol. The highest BCUT2D eigenvalue weighted by molar-refractivity contribution is 7.93. The van der Waals surface area contributed by atoms with Crippen LogP contribution in [0.3, 0.4) is 0 Å². The number of carbonyl (C=O) groups excluding carboxylic acids is 3. The maximum atomic E-state index is 14.2. The van der Waals surface area contributed by atoms with Gasteiger partial charge in [-0.05, 0) is 86.0 Å². The average molecular weight is 671 g/mol. The molecule has 0 fully saturated rings. The van der Waals surface area contributed by atoms with Crippen LogP contribution in [0.2, 0.25) is 0 Å². The van der Waals surface area contributed by atoms with E-state index in [0.717, 1.165) is 15.3 Å². The topological polar surface area (TPSA) is 160 Å². The highest BCUT2D eigenvalue weighted by Gasteiger charge is 2.31. The third-order valence-electron chi connectivity index (χ3n) is 8.19. The van der Waals surface area contributed by atoms with Gasteiger partial charge in [0, 0.05) is 29.6 Å². The maximum Gasteiger partial charge on any atom is 0.338 e. The second-order valence-electron chi connectivity index (χ2n) is 11.3. The van der Waals surface area contributed by atoms with E-state index in [1.165, 1.54) is 12.1 Å². The molecule has 0 saturated heterocycles. The lowest BCUT2D eigenvalue weighted by molar-refractivity contribution is -0.141. The Morgan fingerprint density at radius 1 is 0.938 bits per heavy atom. The van der Waals surface area contributed by atoms with Gasteiger partial charge < -0.3 is 20.1 Å². The van der Waals surface area contributed by atoms with Gasteiger partial charge in [-0.3, -0.25) is 19.3 Å². The lowest BCUT2D eigenvalue weighted by Crippen LogP contribution is -2.38. The maximum absolute atomic E-state index is 14.2. The molecule has 1 aliphatic rings. The molecule has 0 atom stereocenters. The zero-order valence-corrected chi connectivity index (χ0v) is 27.7. The van der Waals surface area contributed by atoms with E-state index >= 15 is 0 Å². The Morgan fingerprint density at radius 3 is 2.44 bits per heavy atom. The van der Waals surface area contributed by atoms with Gasteiger partial charge >= 0.3 is 11.9 Å². The van der Waals surface area contributed by atoms with Crippen molar-refractivity contribution in [3.63, 3.8) is 0 Å². The number of anilines is 2. The number of amidine groups is 1. The molecule has 1 heterocycles. The largest absolute Gasteiger partial charge is 0.465 e. The Hall–Kier alpha value is -5.23. The lowest BCUT2D eigenvalue weighted by Gasteiger charge is -2.31. The zero-order valence-electron chi connectivity index (χ0n) is 26.9. The summed E-state index contributed by atoms with van der Waals surface area (Å²) >= 11 is 0. The van der Waals surface area contributed by atoms with E-state index in [4.69, 9.17) is 20.6 Å². The van der Waals surface area contributed by atoms with Crippen LogP contribution in [0.15, 0.2) is 83.8 Å². The van der Waals surface area contributed by atoms with Crippen LogP contribution in [0.5, 0.6) is 0 Å². The average Bonchev–Trinajstić information content (AvgIpc) is 3.08. The number of hydrogen-bond donors (Lipinski definition) is 2. The highest BCUT2D eigenvalue weighted by atomic mass is 32.2. The zero-order chi connectivity index (χ0) is 34.4. The van der Waals surface area contributed by atoms with E-state index in [1.807, 2.05) is 18.2 Å². The van der Waals surface area contributed by atoms with Crippen LogP contribution in [0, 0.1) is 5.41 Å². The molecule has 0 unspecified atom stereocenters. The third-order valence-corrected chi connectivity index (χ3v) is 10.0. The molecule has 11 nitrogen and oxygen atoms in total. The molecule has 0 bridgehead atoms. The molecule has 1 amide bonds. The van der Waals surface area contributed by atoms with Crippen molar-refractivity contribution in [1.29, 1.82) is 5.41 Å². The normalized spacial score (nSPS) is 12.7. The van der Waals surface area contributed by atoms with E-state index in [1.54, 1.807) is 67.3 Å². The van der Waals surface area contributed by atoms with Crippen LogP contribution in [0.4, 0.5) is 11.4 Å². The molecule has 250 valence electrons. The number of rotatable bonds is 12. The van der Waals surface area contributed by atoms with E-state index < -0.39 is 28.5 Å². The summed E-state index contributed by atoms with van der Waals surface area (Å²) in [6.45, 7) is 3.64. The second-order valence-corrected chi connectivity index (χ2v) is 13.1.